The van der Waals surface area contributed by atoms with Crippen molar-refractivity contribution in [3.63, 3.8) is 0 Å². The van der Waals surface area contributed by atoms with Crippen LogP contribution in [-0.2, 0) is 13.7 Å². The fraction of sp³-hybridized carbons (Fsp3) is 0.150. The van der Waals surface area contributed by atoms with Crippen LogP contribution in [0.15, 0.2) is 48.7 Å². The molecule has 2 amide bonds. The maximum absolute atomic E-state index is 12.6. The van der Waals surface area contributed by atoms with E-state index in [1.807, 2.05) is 25.1 Å². The molecule has 0 radical (unpaired) electrons. The predicted molar refractivity (Wildman–Crippen MR) is 107 cm³/mol. The molecule has 28 heavy (non-hydrogen) atoms. The Bertz CT molecular complexity index is 1050. The lowest BCUT2D eigenvalue weighted by molar-refractivity contribution is 0.0992. The van der Waals surface area contributed by atoms with Gasteiger partial charge in [0.1, 0.15) is 18.1 Å². The second kappa shape index (κ2) is 8.14. The maximum atomic E-state index is 12.6. The van der Waals surface area contributed by atoms with Crippen molar-refractivity contribution < 1.29 is 14.3 Å². The summed E-state index contributed by atoms with van der Waals surface area (Å²) in [7, 11) is 1.58. The number of nitrogens with one attached hydrogen (secondary N) is 1. The third-order valence-electron chi connectivity index (χ3n) is 4.14. The number of amides is 2. The van der Waals surface area contributed by atoms with Crippen molar-refractivity contribution in [2.75, 3.05) is 5.32 Å². The van der Waals surface area contributed by atoms with Gasteiger partial charge in [-0.05, 0) is 48.4 Å². The zero-order valence-corrected chi connectivity index (χ0v) is 16.2. The fourth-order valence-corrected chi connectivity index (χ4v) is 2.98. The number of halogens is 1. The van der Waals surface area contributed by atoms with Gasteiger partial charge < -0.3 is 15.8 Å². The van der Waals surface area contributed by atoms with Gasteiger partial charge in [-0.1, -0.05) is 23.7 Å². The van der Waals surface area contributed by atoms with E-state index in [-0.39, 0.29) is 17.3 Å². The number of nitrogens with zero attached hydrogens (tertiary/aromatic N) is 2. The Balaban J connectivity index is 1.72. The SMILES string of the molecule is Cc1cc(Cl)ccc1OCc1cccc(C(=O)Nc2cnn(C)c2C(N)=O)c1. The molecule has 0 bridgehead atoms. The van der Waals surface area contributed by atoms with E-state index < -0.39 is 5.91 Å². The van der Waals surface area contributed by atoms with Gasteiger partial charge in [-0.2, -0.15) is 5.10 Å². The Kier molecular flexibility index (Phi) is 5.65. The summed E-state index contributed by atoms with van der Waals surface area (Å²) in [6.07, 6.45) is 1.38. The Morgan fingerprint density at radius 1 is 1.25 bits per heavy atom. The highest BCUT2D eigenvalue weighted by Gasteiger charge is 2.17. The highest BCUT2D eigenvalue weighted by atomic mass is 35.5. The van der Waals surface area contributed by atoms with Gasteiger partial charge in [-0.25, -0.2) is 0 Å². The van der Waals surface area contributed by atoms with Crippen LogP contribution in [0, 0.1) is 6.92 Å². The first-order valence-electron chi connectivity index (χ1n) is 8.46. The highest BCUT2D eigenvalue weighted by Crippen LogP contribution is 2.23. The molecule has 0 aliphatic rings. The number of hydrogen-bond donors (Lipinski definition) is 2. The number of nitrogens with two attached hydrogens (primary N) is 1. The Morgan fingerprint density at radius 3 is 2.75 bits per heavy atom. The molecule has 8 heteroatoms. The monoisotopic (exact) mass is 398 g/mol. The second-order valence-electron chi connectivity index (χ2n) is 6.25. The highest BCUT2D eigenvalue weighted by molar-refractivity contribution is 6.30. The third-order valence-corrected chi connectivity index (χ3v) is 4.38. The van der Waals surface area contributed by atoms with Crippen LogP contribution in [0.4, 0.5) is 5.69 Å². The molecule has 1 aromatic heterocycles. The van der Waals surface area contributed by atoms with E-state index >= 15 is 0 Å². The number of benzene rings is 2. The number of aryl methyl sites for hydroxylation is 2. The quantitative estimate of drug-likeness (QED) is 0.665. The van der Waals surface area contributed by atoms with Gasteiger partial charge in [0.25, 0.3) is 11.8 Å². The standard InChI is InChI=1S/C20H19ClN4O3/c1-12-8-15(21)6-7-17(12)28-11-13-4-3-5-14(9-13)20(27)24-16-10-23-25(2)18(16)19(22)26/h3-10H,11H2,1-2H3,(H2,22,26)(H,24,27). The van der Waals surface area contributed by atoms with Crippen molar-refractivity contribution >= 4 is 29.1 Å². The first-order chi connectivity index (χ1) is 13.3. The lowest BCUT2D eigenvalue weighted by atomic mass is 10.1. The largest absolute Gasteiger partial charge is 0.489 e. The van der Waals surface area contributed by atoms with Gasteiger partial charge >= 0.3 is 0 Å². The molecular weight excluding hydrogens is 380 g/mol. The van der Waals surface area contributed by atoms with Crippen LogP contribution >= 0.6 is 11.6 Å². The molecule has 0 saturated heterocycles. The van der Waals surface area contributed by atoms with E-state index in [1.165, 1.54) is 10.9 Å². The van der Waals surface area contributed by atoms with Crippen LogP contribution in [0.1, 0.15) is 32.0 Å². The summed E-state index contributed by atoms with van der Waals surface area (Å²) >= 11 is 5.95. The average molecular weight is 399 g/mol. The summed E-state index contributed by atoms with van der Waals surface area (Å²) in [5, 5.41) is 7.27. The molecule has 0 spiro atoms. The summed E-state index contributed by atoms with van der Waals surface area (Å²) in [5.41, 5.74) is 7.91. The fourth-order valence-electron chi connectivity index (χ4n) is 2.75. The summed E-state index contributed by atoms with van der Waals surface area (Å²) in [6, 6.07) is 12.4. The van der Waals surface area contributed by atoms with E-state index in [2.05, 4.69) is 10.4 Å². The van der Waals surface area contributed by atoms with E-state index in [9.17, 15) is 9.59 Å². The Labute approximate surface area is 167 Å². The van der Waals surface area contributed by atoms with Crippen molar-refractivity contribution in [2.45, 2.75) is 13.5 Å². The molecule has 2 aromatic carbocycles. The van der Waals surface area contributed by atoms with Crippen molar-refractivity contribution in [1.29, 1.82) is 0 Å². The van der Waals surface area contributed by atoms with Crippen LogP contribution in [0.2, 0.25) is 5.02 Å². The molecule has 3 N–H and O–H groups in total. The van der Waals surface area contributed by atoms with Crippen LogP contribution in [0.25, 0.3) is 0 Å². The molecule has 3 rings (SSSR count). The lowest BCUT2D eigenvalue weighted by Crippen LogP contribution is -2.20. The number of aromatic nitrogens is 2. The predicted octanol–water partition coefficient (Wildman–Crippen LogP) is 3.31. The van der Waals surface area contributed by atoms with Crippen molar-refractivity contribution in [3.8, 4) is 5.75 Å². The average Bonchev–Trinajstić information content (AvgIpc) is 3.01. The number of hydrogen-bond acceptors (Lipinski definition) is 4. The van der Waals surface area contributed by atoms with Crippen molar-refractivity contribution in [2.24, 2.45) is 12.8 Å². The molecule has 1 heterocycles. The molecule has 0 fully saturated rings. The van der Waals surface area contributed by atoms with Crippen molar-refractivity contribution in [1.82, 2.24) is 9.78 Å². The number of carbonyl (C=O) groups is 2. The number of anilines is 1. The van der Waals surface area contributed by atoms with Gasteiger partial charge in [-0.15, -0.1) is 0 Å². The number of rotatable bonds is 6. The summed E-state index contributed by atoms with van der Waals surface area (Å²) < 4.78 is 7.14. The van der Waals surface area contributed by atoms with Crippen LogP contribution in [0.5, 0.6) is 5.75 Å². The molecule has 0 unspecified atom stereocenters. The number of ether oxygens (including phenoxy) is 1. The first-order valence-corrected chi connectivity index (χ1v) is 8.84. The normalized spacial score (nSPS) is 10.5. The smallest absolute Gasteiger partial charge is 0.269 e. The molecule has 7 nitrogen and oxygen atoms in total. The van der Waals surface area contributed by atoms with Crippen LogP contribution in [0.3, 0.4) is 0 Å². The minimum atomic E-state index is -0.671. The van der Waals surface area contributed by atoms with E-state index in [1.54, 1.807) is 31.3 Å². The summed E-state index contributed by atoms with van der Waals surface area (Å²) in [5.74, 6) is -0.323. The molecule has 3 aromatic rings. The van der Waals surface area contributed by atoms with E-state index in [4.69, 9.17) is 22.1 Å². The van der Waals surface area contributed by atoms with Gasteiger partial charge in [0.2, 0.25) is 0 Å². The van der Waals surface area contributed by atoms with Crippen LogP contribution < -0.4 is 15.8 Å². The minimum absolute atomic E-state index is 0.131. The molecule has 0 saturated carbocycles. The van der Waals surface area contributed by atoms with Crippen LogP contribution in [-0.4, -0.2) is 21.6 Å². The Morgan fingerprint density at radius 2 is 2.04 bits per heavy atom. The van der Waals surface area contributed by atoms with E-state index in [0.29, 0.717) is 17.2 Å². The molecule has 0 aliphatic heterocycles. The lowest BCUT2D eigenvalue weighted by Gasteiger charge is -2.11. The van der Waals surface area contributed by atoms with Gasteiger partial charge in [0.15, 0.2) is 0 Å². The van der Waals surface area contributed by atoms with E-state index in [0.717, 1.165) is 16.9 Å². The summed E-state index contributed by atoms with van der Waals surface area (Å²) in [4.78, 5) is 24.1. The topological polar surface area (TPSA) is 99.2 Å². The third kappa shape index (κ3) is 4.32. The van der Waals surface area contributed by atoms with Gasteiger partial charge in [0, 0.05) is 17.6 Å². The number of carbonyl (C=O) groups excluding carboxylic acids is 2. The van der Waals surface area contributed by atoms with Gasteiger partial charge in [-0.3, -0.25) is 14.3 Å². The van der Waals surface area contributed by atoms with Gasteiger partial charge in [0.05, 0.1) is 11.9 Å². The first kappa shape index (κ1) is 19.4. The maximum Gasteiger partial charge on any atom is 0.269 e. The zero-order valence-electron chi connectivity index (χ0n) is 15.4. The number of primary amides is 1. The summed E-state index contributed by atoms with van der Waals surface area (Å²) in [6.45, 7) is 2.21. The zero-order chi connectivity index (χ0) is 20.3. The second-order valence-corrected chi connectivity index (χ2v) is 6.68. The van der Waals surface area contributed by atoms with Crippen molar-refractivity contribution in [3.05, 3.63) is 76.1 Å². The molecular formula is C20H19ClN4O3. The minimum Gasteiger partial charge on any atom is -0.489 e. The Hall–Kier alpha value is -3.32. The molecule has 0 aliphatic carbocycles. The molecule has 144 valence electrons. The molecule has 0 atom stereocenters.